The predicted molar refractivity (Wildman–Crippen MR) is 185 cm³/mol. The third kappa shape index (κ3) is 7.20. The Balaban J connectivity index is 0.000000650. The Morgan fingerprint density at radius 1 is 0.723 bits per heavy atom. The first-order valence-corrected chi connectivity index (χ1v) is 17.7. The van der Waals surface area contributed by atoms with Crippen LogP contribution in [0, 0.1) is 0 Å². The number of hydrogen-bond donors (Lipinski definition) is 0. The van der Waals surface area contributed by atoms with Crippen molar-refractivity contribution in [3.8, 4) is 0 Å². The van der Waals surface area contributed by atoms with Gasteiger partial charge in [0.1, 0.15) is 6.10 Å². The van der Waals surface area contributed by atoms with Crippen molar-refractivity contribution in [2.45, 2.75) is 50.5 Å². The Morgan fingerprint density at radius 2 is 1.17 bits per heavy atom. The second-order valence-corrected chi connectivity index (χ2v) is 16.8. The summed E-state index contributed by atoms with van der Waals surface area (Å²) in [5, 5.41) is 1.93. The highest BCUT2D eigenvalue weighted by molar-refractivity contribution is 6.99. The number of rotatable bonds is 8. The number of hydrogen-bond acceptors (Lipinski definition) is 6. The number of amides is 2. The summed E-state index contributed by atoms with van der Waals surface area (Å²) in [7, 11) is -1.61. The van der Waals surface area contributed by atoms with Gasteiger partial charge in [0.25, 0.3) is 20.1 Å². The largest absolute Gasteiger partial charge is 0.469 e. The average molecular weight is 648 g/mol. The first-order chi connectivity index (χ1) is 22.7. The number of benzene rings is 4. The molecule has 0 saturated heterocycles. The lowest BCUT2D eigenvalue weighted by Gasteiger charge is -2.45. The van der Waals surface area contributed by atoms with Crippen molar-refractivity contribution in [3.05, 3.63) is 145 Å². The molecule has 47 heavy (non-hydrogen) atoms. The fourth-order valence-corrected chi connectivity index (χ4v) is 10.9. The SMILES string of the molecule is COC(=O)C[C@H]1C=C[C@@H](N2C(=O)c3ccccc3C2=O)[C@@H](CO[Si](c2ccccc2)(c2ccccc2)C(C)(C)C)O1.c1ccccc1. The zero-order chi connectivity index (χ0) is 33.4. The summed E-state index contributed by atoms with van der Waals surface area (Å²) >= 11 is 0. The molecule has 242 valence electrons. The molecule has 6 rings (SSSR count). The molecule has 0 bridgehead atoms. The van der Waals surface area contributed by atoms with Gasteiger partial charge in [0, 0.05) is 0 Å². The highest BCUT2D eigenvalue weighted by atomic mass is 28.4. The fourth-order valence-electron chi connectivity index (χ4n) is 6.30. The van der Waals surface area contributed by atoms with Crippen LogP contribution in [0.3, 0.4) is 0 Å². The van der Waals surface area contributed by atoms with Crippen LogP contribution in [0.4, 0.5) is 0 Å². The van der Waals surface area contributed by atoms with E-state index in [1.165, 1.54) is 12.0 Å². The van der Waals surface area contributed by atoms with E-state index in [0.29, 0.717) is 11.1 Å². The number of nitrogens with zero attached hydrogens (tertiary/aromatic N) is 1. The smallest absolute Gasteiger partial charge is 0.308 e. The number of methoxy groups -OCH3 is 1. The van der Waals surface area contributed by atoms with Gasteiger partial charge in [-0.15, -0.1) is 0 Å². The van der Waals surface area contributed by atoms with E-state index in [1.54, 1.807) is 36.4 Å². The van der Waals surface area contributed by atoms with Crippen molar-refractivity contribution < 1.29 is 28.3 Å². The molecule has 0 unspecified atom stereocenters. The van der Waals surface area contributed by atoms with Crippen LogP contribution in [0.25, 0.3) is 0 Å². The second-order valence-electron chi connectivity index (χ2n) is 12.5. The van der Waals surface area contributed by atoms with Gasteiger partial charge in [-0.25, -0.2) is 0 Å². The van der Waals surface area contributed by atoms with Gasteiger partial charge in [0.2, 0.25) is 0 Å². The topological polar surface area (TPSA) is 82.1 Å². The molecule has 2 aliphatic heterocycles. The maximum atomic E-state index is 13.5. The summed E-state index contributed by atoms with van der Waals surface area (Å²) in [5.41, 5.74) is 0.739. The van der Waals surface area contributed by atoms with Gasteiger partial charge in [-0.3, -0.25) is 19.3 Å². The third-order valence-corrected chi connectivity index (χ3v) is 13.5. The summed E-state index contributed by atoms with van der Waals surface area (Å²) in [6.45, 7) is 6.65. The van der Waals surface area contributed by atoms with Gasteiger partial charge in [0.05, 0.1) is 43.4 Å². The molecule has 0 radical (unpaired) electrons. The Bertz CT molecular complexity index is 1590. The lowest BCUT2D eigenvalue weighted by Crippen LogP contribution is -2.67. The highest BCUT2D eigenvalue weighted by Crippen LogP contribution is 2.38. The minimum absolute atomic E-state index is 0.0115. The van der Waals surface area contributed by atoms with Crippen molar-refractivity contribution in [1.29, 1.82) is 0 Å². The van der Waals surface area contributed by atoms with Gasteiger partial charge in [-0.1, -0.05) is 142 Å². The normalized spacial score (nSPS) is 19.1. The first-order valence-electron chi connectivity index (χ1n) is 15.8. The number of carbonyl (C=O) groups excluding carboxylic acids is 3. The summed E-state index contributed by atoms with van der Waals surface area (Å²) in [6, 6.07) is 38.6. The molecule has 0 spiro atoms. The molecule has 2 amide bonds. The minimum atomic E-state index is -2.94. The van der Waals surface area contributed by atoms with Crippen LogP contribution >= 0.6 is 0 Å². The molecule has 7 nitrogen and oxygen atoms in total. The van der Waals surface area contributed by atoms with E-state index in [9.17, 15) is 14.4 Å². The van der Waals surface area contributed by atoms with E-state index in [2.05, 4.69) is 45.0 Å². The molecule has 0 aromatic heterocycles. The van der Waals surface area contributed by atoms with Crippen LogP contribution in [-0.4, -0.2) is 63.0 Å². The molecule has 0 saturated carbocycles. The van der Waals surface area contributed by atoms with Gasteiger partial charge < -0.3 is 13.9 Å². The van der Waals surface area contributed by atoms with Crippen molar-refractivity contribution in [2.75, 3.05) is 13.7 Å². The van der Waals surface area contributed by atoms with Crippen LogP contribution in [-0.2, 0) is 18.7 Å². The van der Waals surface area contributed by atoms with Crippen molar-refractivity contribution in [3.63, 3.8) is 0 Å². The van der Waals surface area contributed by atoms with Crippen molar-refractivity contribution in [1.82, 2.24) is 4.90 Å². The zero-order valence-electron chi connectivity index (χ0n) is 27.2. The van der Waals surface area contributed by atoms with Crippen LogP contribution in [0.2, 0.25) is 5.04 Å². The molecule has 2 heterocycles. The van der Waals surface area contributed by atoms with Gasteiger partial charge in [-0.2, -0.15) is 0 Å². The fraction of sp³-hybridized carbons (Fsp3) is 0.256. The maximum Gasteiger partial charge on any atom is 0.308 e. The monoisotopic (exact) mass is 647 g/mol. The number of ether oxygens (including phenoxy) is 2. The van der Waals surface area contributed by atoms with Crippen LogP contribution in [0.1, 0.15) is 47.9 Å². The molecule has 4 aromatic rings. The molecular weight excluding hydrogens is 607 g/mol. The quantitative estimate of drug-likeness (QED) is 0.104. The van der Waals surface area contributed by atoms with Gasteiger partial charge >= 0.3 is 5.97 Å². The predicted octanol–water partition coefficient (Wildman–Crippen LogP) is 5.80. The number of esters is 1. The molecule has 4 aromatic carbocycles. The molecule has 0 fully saturated rings. The molecule has 8 heteroatoms. The summed E-state index contributed by atoms with van der Waals surface area (Å²) < 4.78 is 18.4. The Labute approximate surface area is 277 Å². The van der Waals surface area contributed by atoms with Crippen LogP contribution in [0.15, 0.2) is 133 Å². The summed E-state index contributed by atoms with van der Waals surface area (Å²) in [4.78, 5) is 40.3. The third-order valence-electron chi connectivity index (χ3n) is 8.52. The molecular formula is C39H41NO6Si. The molecule has 0 N–H and O–H groups in total. The second kappa shape index (κ2) is 14.9. The van der Waals surface area contributed by atoms with Crippen molar-refractivity contribution in [2.24, 2.45) is 0 Å². The van der Waals surface area contributed by atoms with Crippen molar-refractivity contribution >= 4 is 36.5 Å². The maximum absolute atomic E-state index is 13.5. The van der Waals surface area contributed by atoms with E-state index in [-0.39, 0.29) is 29.9 Å². The van der Waals surface area contributed by atoms with E-state index < -0.39 is 32.5 Å². The number of carbonyl (C=O) groups is 3. The van der Waals surface area contributed by atoms with E-state index >= 15 is 0 Å². The van der Waals surface area contributed by atoms with Crippen LogP contribution in [0.5, 0.6) is 0 Å². The Kier molecular flexibility index (Phi) is 10.7. The van der Waals surface area contributed by atoms with E-state index in [0.717, 1.165) is 10.4 Å². The van der Waals surface area contributed by atoms with Gasteiger partial charge in [0.15, 0.2) is 0 Å². The first kappa shape index (κ1) is 33.7. The standard InChI is InChI=1S/C33H35NO6Si.C6H6/c1-33(2,3)41(24-13-7-5-8-14-24,25-15-9-6-10-16-25)39-22-29-28(20-19-23(40-29)21-30(35)38-4)34-31(36)26-17-11-12-18-27(26)32(34)37;1-2-4-6-5-3-1/h5-20,23,28-29H,21-22H2,1-4H3;1-6H/t23-,28-,29-;/m1./s1. The Hall–Kier alpha value is -4.63. The van der Waals surface area contributed by atoms with E-state index in [1.807, 2.05) is 72.8 Å². The lowest BCUT2D eigenvalue weighted by molar-refractivity contribution is -0.145. The molecule has 2 aliphatic rings. The highest BCUT2D eigenvalue weighted by Gasteiger charge is 2.52. The Morgan fingerprint density at radius 3 is 1.62 bits per heavy atom. The average Bonchev–Trinajstić information content (AvgIpc) is 3.35. The molecule has 3 atom stereocenters. The number of imide groups is 1. The van der Waals surface area contributed by atoms with Gasteiger partial charge in [-0.05, 0) is 27.5 Å². The van der Waals surface area contributed by atoms with Crippen LogP contribution < -0.4 is 10.4 Å². The zero-order valence-corrected chi connectivity index (χ0v) is 28.2. The minimum Gasteiger partial charge on any atom is -0.469 e. The lowest BCUT2D eigenvalue weighted by atomic mass is 10.0. The summed E-state index contributed by atoms with van der Waals surface area (Å²) in [5.74, 6) is -1.15. The van der Waals surface area contributed by atoms with E-state index in [4.69, 9.17) is 13.9 Å². The number of fused-ring (bicyclic) bond motifs is 1. The summed E-state index contributed by atoms with van der Waals surface area (Å²) in [6.07, 6.45) is 2.24. The molecule has 0 aliphatic carbocycles.